The van der Waals surface area contributed by atoms with Gasteiger partial charge in [-0.2, -0.15) is 0 Å². The fourth-order valence-electron chi connectivity index (χ4n) is 4.20. The lowest BCUT2D eigenvalue weighted by molar-refractivity contribution is 0.416. The first-order chi connectivity index (χ1) is 15.2. The SMILES string of the molecule is COc1ccccc1-c1ccc2c(c1)C(CSc1ccc(C(C)(C)C)cc1)=CC(C)(C)N2. The van der Waals surface area contributed by atoms with E-state index < -0.39 is 0 Å². The van der Waals surface area contributed by atoms with Crippen LogP contribution >= 0.6 is 11.8 Å². The van der Waals surface area contributed by atoms with Crippen molar-refractivity contribution >= 4 is 23.0 Å². The van der Waals surface area contributed by atoms with E-state index in [2.05, 4.69) is 101 Å². The van der Waals surface area contributed by atoms with Crippen LogP contribution in [0.1, 0.15) is 45.7 Å². The standard InChI is InChI=1S/C29H33NOS/c1-28(2,3)22-12-14-23(15-13-22)32-19-21-18-29(4,5)30-26-16-11-20(17-25(21)26)24-9-7-8-10-27(24)31-6/h7-18,30H,19H2,1-6H3. The number of hydrogen-bond donors (Lipinski definition) is 1. The zero-order valence-electron chi connectivity index (χ0n) is 20.0. The molecule has 1 aliphatic rings. The zero-order valence-corrected chi connectivity index (χ0v) is 20.8. The Bertz CT molecular complexity index is 1140. The number of anilines is 1. The number of thioether (sulfide) groups is 1. The van der Waals surface area contributed by atoms with E-state index in [0.717, 1.165) is 17.1 Å². The Morgan fingerprint density at radius 1 is 0.906 bits per heavy atom. The van der Waals surface area contributed by atoms with E-state index in [9.17, 15) is 0 Å². The summed E-state index contributed by atoms with van der Waals surface area (Å²) < 4.78 is 5.61. The van der Waals surface area contributed by atoms with Crippen molar-refractivity contribution in [2.45, 2.75) is 50.5 Å². The fourth-order valence-corrected chi connectivity index (χ4v) is 5.09. The van der Waals surface area contributed by atoms with Gasteiger partial charge in [-0.1, -0.05) is 63.2 Å². The van der Waals surface area contributed by atoms with Gasteiger partial charge in [-0.25, -0.2) is 0 Å². The van der Waals surface area contributed by atoms with Gasteiger partial charge in [0, 0.05) is 27.5 Å². The molecule has 1 aliphatic heterocycles. The molecule has 32 heavy (non-hydrogen) atoms. The molecule has 0 radical (unpaired) electrons. The molecule has 0 saturated carbocycles. The zero-order chi connectivity index (χ0) is 22.9. The molecule has 0 saturated heterocycles. The van der Waals surface area contributed by atoms with Crippen LogP contribution in [0.15, 0.2) is 77.7 Å². The summed E-state index contributed by atoms with van der Waals surface area (Å²) in [6, 6.07) is 23.9. The normalized spacial score (nSPS) is 14.9. The fraction of sp³-hybridized carbons (Fsp3) is 0.310. The summed E-state index contributed by atoms with van der Waals surface area (Å²) in [6.45, 7) is 11.2. The van der Waals surface area contributed by atoms with Gasteiger partial charge >= 0.3 is 0 Å². The highest BCUT2D eigenvalue weighted by Crippen LogP contribution is 2.40. The van der Waals surface area contributed by atoms with E-state index in [1.165, 1.54) is 32.8 Å². The molecule has 0 aromatic heterocycles. The third-order valence-corrected chi connectivity index (χ3v) is 6.95. The first-order valence-electron chi connectivity index (χ1n) is 11.2. The third kappa shape index (κ3) is 4.88. The van der Waals surface area contributed by atoms with E-state index in [0.29, 0.717) is 0 Å². The number of fused-ring (bicyclic) bond motifs is 1. The predicted molar refractivity (Wildman–Crippen MR) is 140 cm³/mol. The summed E-state index contributed by atoms with van der Waals surface area (Å²) in [4.78, 5) is 1.30. The topological polar surface area (TPSA) is 21.3 Å². The van der Waals surface area contributed by atoms with E-state index in [4.69, 9.17) is 4.74 Å². The monoisotopic (exact) mass is 443 g/mol. The largest absolute Gasteiger partial charge is 0.496 e. The second-order valence-electron chi connectivity index (χ2n) is 10.0. The highest BCUT2D eigenvalue weighted by atomic mass is 32.2. The maximum Gasteiger partial charge on any atom is 0.126 e. The van der Waals surface area contributed by atoms with Gasteiger partial charge in [0.15, 0.2) is 0 Å². The number of hydrogen-bond acceptors (Lipinski definition) is 3. The second kappa shape index (κ2) is 8.71. The predicted octanol–water partition coefficient (Wildman–Crippen LogP) is 8.04. The maximum atomic E-state index is 5.61. The van der Waals surface area contributed by atoms with Crippen LogP contribution < -0.4 is 10.1 Å². The molecule has 0 amide bonds. The third-order valence-electron chi connectivity index (χ3n) is 5.89. The van der Waals surface area contributed by atoms with Crippen LogP contribution in [-0.4, -0.2) is 18.4 Å². The Kier molecular flexibility index (Phi) is 6.13. The average Bonchev–Trinajstić information content (AvgIpc) is 2.76. The number of benzene rings is 3. The van der Waals surface area contributed by atoms with E-state index >= 15 is 0 Å². The first kappa shape index (κ1) is 22.5. The number of para-hydroxylation sites is 1. The van der Waals surface area contributed by atoms with Crippen molar-refractivity contribution in [2.75, 3.05) is 18.2 Å². The Balaban J connectivity index is 1.63. The second-order valence-corrected chi connectivity index (χ2v) is 11.1. The van der Waals surface area contributed by atoms with E-state index in [-0.39, 0.29) is 11.0 Å². The van der Waals surface area contributed by atoms with Gasteiger partial charge in [0.05, 0.1) is 12.6 Å². The smallest absolute Gasteiger partial charge is 0.126 e. The minimum absolute atomic E-state index is 0.0784. The summed E-state index contributed by atoms with van der Waals surface area (Å²) in [5, 5.41) is 3.68. The Hall–Kier alpha value is -2.65. The lowest BCUT2D eigenvalue weighted by atomic mass is 9.87. The first-order valence-corrected chi connectivity index (χ1v) is 12.2. The van der Waals surface area contributed by atoms with Crippen LogP contribution in [0.2, 0.25) is 0 Å². The minimum Gasteiger partial charge on any atom is -0.496 e. The summed E-state index contributed by atoms with van der Waals surface area (Å²) in [7, 11) is 1.73. The van der Waals surface area contributed by atoms with Crippen molar-refractivity contribution in [3.8, 4) is 16.9 Å². The average molecular weight is 444 g/mol. The van der Waals surface area contributed by atoms with Gasteiger partial charge < -0.3 is 10.1 Å². The number of ether oxygens (including phenoxy) is 1. The Morgan fingerprint density at radius 2 is 1.62 bits per heavy atom. The van der Waals surface area contributed by atoms with Gasteiger partial charge in [0.2, 0.25) is 0 Å². The van der Waals surface area contributed by atoms with Gasteiger partial charge in [-0.15, -0.1) is 11.8 Å². The van der Waals surface area contributed by atoms with Crippen LogP contribution in [-0.2, 0) is 5.41 Å². The van der Waals surface area contributed by atoms with Crippen LogP contribution in [0.3, 0.4) is 0 Å². The summed E-state index contributed by atoms with van der Waals surface area (Å²) in [5.41, 5.74) is 7.59. The van der Waals surface area contributed by atoms with Crippen molar-refractivity contribution in [3.63, 3.8) is 0 Å². The lowest BCUT2D eigenvalue weighted by Gasteiger charge is -2.32. The molecule has 0 fully saturated rings. The van der Waals surface area contributed by atoms with Crippen molar-refractivity contribution in [1.82, 2.24) is 0 Å². The molecule has 4 rings (SSSR count). The minimum atomic E-state index is -0.0784. The molecule has 0 spiro atoms. The van der Waals surface area contributed by atoms with Crippen molar-refractivity contribution < 1.29 is 4.74 Å². The summed E-state index contributed by atoms with van der Waals surface area (Å²) >= 11 is 1.90. The molecular weight excluding hydrogens is 410 g/mol. The van der Waals surface area contributed by atoms with Crippen molar-refractivity contribution in [3.05, 3.63) is 83.9 Å². The van der Waals surface area contributed by atoms with Gasteiger partial charge in [0.1, 0.15) is 5.75 Å². The molecular formula is C29H33NOS. The number of methoxy groups -OCH3 is 1. The van der Waals surface area contributed by atoms with E-state index in [1.807, 2.05) is 23.9 Å². The lowest BCUT2D eigenvalue weighted by Crippen LogP contribution is -2.32. The molecule has 1 heterocycles. The van der Waals surface area contributed by atoms with Gasteiger partial charge in [-0.3, -0.25) is 0 Å². The van der Waals surface area contributed by atoms with E-state index in [1.54, 1.807) is 7.11 Å². The molecule has 166 valence electrons. The number of nitrogens with one attached hydrogen (secondary N) is 1. The molecule has 3 heteroatoms. The molecule has 3 aromatic carbocycles. The molecule has 0 bridgehead atoms. The van der Waals surface area contributed by atoms with Crippen LogP contribution in [0.25, 0.3) is 16.7 Å². The summed E-state index contributed by atoms with van der Waals surface area (Å²) in [6.07, 6.45) is 2.37. The highest BCUT2D eigenvalue weighted by Gasteiger charge is 2.25. The number of rotatable bonds is 5. The van der Waals surface area contributed by atoms with Crippen LogP contribution in [0.4, 0.5) is 5.69 Å². The molecule has 2 nitrogen and oxygen atoms in total. The Morgan fingerprint density at radius 3 is 2.31 bits per heavy atom. The highest BCUT2D eigenvalue weighted by molar-refractivity contribution is 7.99. The quantitative estimate of drug-likeness (QED) is 0.403. The molecule has 3 aromatic rings. The molecule has 1 N–H and O–H groups in total. The maximum absolute atomic E-state index is 5.61. The van der Waals surface area contributed by atoms with Crippen LogP contribution in [0.5, 0.6) is 5.75 Å². The van der Waals surface area contributed by atoms with Crippen molar-refractivity contribution in [1.29, 1.82) is 0 Å². The van der Waals surface area contributed by atoms with Gasteiger partial charge in [-0.05, 0) is 66.3 Å². The Labute approximate surface area is 197 Å². The van der Waals surface area contributed by atoms with Gasteiger partial charge in [0.25, 0.3) is 0 Å². The molecule has 0 aliphatic carbocycles. The summed E-state index contributed by atoms with van der Waals surface area (Å²) in [5.74, 6) is 1.83. The molecule has 0 unspecified atom stereocenters. The van der Waals surface area contributed by atoms with Crippen molar-refractivity contribution in [2.24, 2.45) is 0 Å². The van der Waals surface area contributed by atoms with Crippen LogP contribution in [0, 0.1) is 0 Å². The molecule has 0 atom stereocenters.